The second kappa shape index (κ2) is 7.11. The van der Waals surface area contributed by atoms with Gasteiger partial charge in [-0.3, -0.25) is 4.79 Å². The molecule has 6 nitrogen and oxygen atoms in total. The normalized spacial score (nSPS) is 14.5. The number of ether oxygens (including phenoxy) is 1. The molecule has 0 radical (unpaired) electrons. The molecule has 0 fully saturated rings. The highest BCUT2D eigenvalue weighted by Gasteiger charge is 2.28. The topological polar surface area (TPSA) is 96.9 Å². The van der Waals surface area contributed by atoms with Crippen molar-refractivity contribution >= 4 is 11.7 Å². The SMILES string of the molecule is CCCC(C(=O)NC(C)(C)COC)C(N)=NO. The number of rotatable bonds is 7. The largest absolute Gasteiger partial charge is 0.409 e. The maximum absolute atomic E-state index is 12.0. The molecule has 4 N–H and O–H groups in total. The van der Waals surface area contributed by atoms with Gasteiger partial charge in [0, 0.05) is 7.11 Å². The molecule has 0 saturated heterocycles. The van der Waals surface area contributed by atoms with Crippen LogP contribution in [0.25, 0.3) is 0 Å². The smallest absolute Gasteiger partial charge is 0.231 e. The fourth-order valence-electron chi connectivity index (χ4n) is 1.59. The minimum absolute atomic E-state index is 0.0578. The van der Waals surface area contributed by atoms with Crippen molar-refractivity contribution in [1.82, 2.24) is 5.32 Å². The summed E-state index contributed by atoms with van der Waals surface area (Å²) in [7, 11) is 1.57. The third kappa shape index (κ3) is 5.53. The van der Waals surface area contributed by atoms with E-state index < -0.39 is 11.5 Å². The van der Waals surface area contributed by atoms with Gasteiger partial charge in [0.25, 0.3) is 0 Å². The van der Waals surface area contributed by atoms with E-state index in [0.29, 0.717) is 13.0 Å². The van der Waals surface area contributed by atoms with Gasteiger partial charge in [-0.05, 0) is 20.3 Å². The minimum atomic E-state index is -0.596. The first kappa shape index (κ1) is 15.7. The zero-order valence-corrected chi connectivity index (χ0v) is 11.0. The van der Waals surface area contributed by atoms with Crippen LogP contribution in [0.3, 0.4) is 0 Å². The maximum Gasteiger partial charge on any atom is 0.231 e. The fraction of sp³-hybridized carbons (Fsp3) is 0.818. The van der Waals surface area contributed by atoms with Gasteiger partial charge in [-0.25, -0.2) is 0 Å². The molecule has 1 amide bonds. The van der Waals surface area contributed by atoms with E-state index in [1.54, 1.807) is 7.11 Å². The molecular formula is C11H23N3O3. The van der Waals surface area contributed by atoms with Crippen molar-refractivity contribution in [2.75, 3.05) is 13.7 Å². The van der Waals surface area contributed by atoms with Crippen LogP contribution in [0.15, 0.2) is 5.16 Å². The molecule has 0 aromatic heterocycles. The molecule has 100 valence electrons. The number of amidine groups is 1. The van der Waals surface area contributed by atoms with Crippen LogP contribution in [-0.4, -0.2) is 36.2 Å². The molecule has 0 aromatic carbocycles. The summed E-state index contributed by atoms with van der Waals surface area (Å²) in [6, 6.07) is 0. The molecule has 0 bridgehead atoms. The van der Waals surface area contributed by atoms with E-state index in [9.17, 15) is 4.79 Å². The number of methoxy groups -OCH3 is 1. The number of carbonyl (C=O) groups excluding carboxylic acids is 1. The van der Waals surface area contributed by atoms with Gasteiger partial charge in [0.05, 0.1) is 18.1 Å². The third-order valence-corrected chi connectivity index (χ3v) is 2.33. The Morgan fingerprint density at radius 3 is 2.59 bits per heavy atom. The number of nitrogens with two attached hydrogens (primary N) is 1. The van der Waals surface area contributed by atoms with Crippen LogP contribution in [0, 0.1) is 5.92 Å². The van der Waals surface area contributed by atoms with Crippen LogP contribution in [0.4, 0.5) is 0 Å². The van der Waals surface area contributed by atoms with Crippen molar-refractivity contribution in [3.8, 4) is 0 Å². The van der Waals surface area contributed by atoms with Gasteiger partial charge in [-0.2, -0.15) is 0 Å². The molecule has 0 heterocycles. The molecule has 0 saturated carbocycles. The summed E-state index contributed by atoms with van der Waals surface area (Å²) in [5.41, 5.74) is 5.03. The Kier molecular flexibility index (Phi) is 6.57. The number of oxime groups is 1. The van der Waals surface area contributed by atoms with E-state index in [2.05, 4.69) is 10.5 Å². The van der Waals surface area contributed by atoms with Crippen LogP contribution in [-0.2, 0) is 9.53 Å². The highest BCUT2D eigenvalue weighted by atomic mass is 16.5. The van der Waals surface area contributed by atoms with Crippen LogP contribution in [0.1, 0.15) is 33.6 Å². The van der Waals surface area contributed by atoms with Gasteiger partial charge in [0.2, 0.25) is 5.91 Å². The van der Waals surface area contributed by atoms with E-state index in [0.717, 1.165) is 6.42 Å². The first-order valence-electron chi connectivity index (χ1n) is 5.66. The predicted molar refractivity (Wildman–Crippen MR) is 65.9 cm³/mol. The highest BCUT2D eigenvalue weighted by Crippen LogP contribution is 2.10. The Bertz CT molecular complexity index is 277. The third-order valence-electron chi connectivity index (χ3n) is 2.33. The second-order valence-electron chi connectivity index (χ2n) is 4.67. The van der Waals surface area contributed by atoms with Gasteiger partial charge in [0.1, 0.15) is 0 Å². The Morgan fingerprint density at radius 1 is 1.59 bits per heavy atom. The number of hydrogen-bond donors (Lipinski definition) is 3. The number of nitrogens with one attached hydrogen (secondary N) is 1. The number of nitrogens with zero attached hydrogens (tertiary/aromatic N) is 1. The van der Waals surface area contributed by atoms with Gasteiger partial charge in [-0.15, -0.1) is 0 Å². The van der Waals surface area contributed by atoms with Crippen molar-refractivity contribution in [2.24, 2.45) is 16.8 Å². The summed E-state index contributed by atoms with van der Waals surface area (Å²) in [5.74, 6) is -0.900. The highest BCUT2D eigenvalue weighted by molar-refractivity contribution is 6.02. The Morgan fingerprint density at radius 2 is 2.18 bits per heavy atom. The summed E-state index contributed by atoms with van der Waals surface area (Å²) in [4.78, 5) is 12.0. The number of hydrogen-bond acceptors (Lipinski definition) is 4. The monoisotopic (exact) mass is 245 g/mol. The Labute approximate surface area is 102 Å². The average molecular weight is 245 g/mol. The average Bonchev–Trinajstić information content (AvgIpc) is 2.23. The standard InChI is InChI=1S/C11H23N3O3/c1-5-6-8(9(12)14-16)10(15)13-11(2,3)7-17-4/h8,16H,5-7H2,1-4H3,(H2,12,14)(H,13,15). The molecule has 0 aliphatic carbocycles. The fourth-order valence-corrected chi connectivity index (χ4v) is 1.59. The zero-order chi connectivity index (χ0) is 13.5. The quantitative estimate of drug-likeness (QED) is 0.266. The van der Waals surface area contributed by atoms with Crippen LogP contribution in [0.2, 0.25) is 0 Å². The molecule has 0 aliphatic heterocycles. The lowest BCUT2D eigenvalue weighted by molar-refractivity contribution is -0.125. The molecule has 0 spiro atoms. The number of amides is 1. The Balaban J connectivity index is 4.63. The summed E-state index contributed by atoms with van der Waals surface area (Å²) < 4.78 is 5.01. The van der Waals surface area contributed by atoms with E-state index in [-0.39, 0.29) is 11.7 Å². The lowest BCUT2D eigenvalue weighted by Crippen LogP contribution is -2.51. The molecular weight excluding hydrogens is 222 g/mol. The molecule has 17 heavy (non-hydrogen) atoms. The van der Waals surface area contributed by atoms with Crippen molar-refractivity contribution in [3.63, 3.8) is 0 Å². The van der Waals surface area contributed by atoms with Crippen molar-refractivity contribution < 1.29 is 14.7 Å². The van der Waals surface area contributed by atoms with Crippen molar-refractivity contribution in [2.45, 2.75) is 39.2 Å². The molecule has 0 aromatic rings. The lowest BCUT2D eigenvalue weighted by Gasteiger charge is -2.27. The van der Waals surface area contributed by atoms with E-state index >= 15 is 0 Å². The van der Waals surface area contributed by atoms with Gasteiger partial charge in [-0.1, -0.05) is 18.5 Å². The van der Waals surface area contributed by atoms with Crippen LogP contribution in [0.5, 0.6) is 0 Å². The van der Waals surface area contributed by atoms with Crippen LogP contribution >= 0.6 is 0 Å². The van der Waals surface area contributed by atoms with E-state index in [1.807, 2.05) is 20.8 Å². The summed E-state index contributed by atoms with van der Waals surface area (Å²) >= 11 is 0. The molecule has 1 atom stereocenters. The van der Waals surface area contributed by atoms with E-state index in [1.165, 1.54) is 0 Å². The van der Waals surface area contributed by atoms with Crippen molar-refractivity contribution in [3.05, 3.63) is 0 Å². The zero-order valence-electron chi connectivity index (χ0n) is 11.0. The Hall–Kier alpha value is -1.30. The van der Waals surface area contributed by atoms with E-state index in [4.69, 9.17) is 15.7 Å². The minimum Gasteiger partial charge on any atom is -0.409 e. The summed E-state index contributed by atoms with van der Waals surface area (Å²) in [6.07, 6.45) is 1.32. The van der Waals surface area contributed by atoms with Crippen LogP contribution < -0.4 is 11.1 Å². The maximum atomic E-state index is 12.0. The molecule has 0 aliphatic rings. The molecule has 6 heteroatoms. The molecule has 1 unspecified atom stereocenters. The van der Waals surface area contributed by atoms with Gasteiger partial charge < -0.3 is 21.0 Å². The number of carbonyl (C=O) groups is 1. The second-order valence-corrected chi connectivity index (χ2v) is 4.67. The molecule has 0 rings (SSSR count). The predicted octanol–water partition coefficient (Wildman–Crippen LogP) is 0.690. The lowest BCUT2D eigenvalue weighted by atomic mass is 9.99. The van der Waals surface area contributed by atoms with Gasteiger partial charge in [0.15, 0.2) is 5.84 Å². The van der Waals surface area contributed by atoms with Gasteiger partial charge >= 0.3 is 0 Å². The first-order valence-corrected chi connectivity index (χ1v) is 5.66. The summed E-state index contributed by atoms with van der Waals surface area (Å²) in [5, 5.41) is 14.4. The first-order chi connectivity index (χ1) is 7.87. The van der Waals surface area contributed by atoms with Crippen molar-refractivity contribution in [1.29, 1.82) is 0 Å². The summed E-state index contributed by atoms with van der Waals surface area (Å²) in [6.45, 7) is 6.03.